The summed E-state index contributed by atoms with van der Waals surface area (Å²) in [5.74, 6) is -0.0386. The lowest BCUT2D eigenvalue weighted by molar-refractivity contribution is -0.138. The van der Waals surface area contributed by atoms with Crippen LogP contribution in [0.1, 0.15) is 11.1 Å². The van der Waals surface area contributed by atoms with E-state index < -0.39 is 5.97 Å². The molecule has 0 heterocycles. The molecule has 0 atom stereocenters. The summed E-state index contributed by atoms with van der Waals surface area (Å²) >= 11 is 0. The lowest BCUT2D eigenvalue weighted by Crippen LogP contribution is -2.01. The Morgan fingerprint density at radius 3 is 2.80 bits per heavy atom. The summed E-state index contributed by atoms with van der Waals surface area (Å²) in [5.41, 5.74) is 1.27. The summed E-state index contributed by atoms with van der Waals surface area (Å²) in [6, 6.07) is 12.8. The lowest BCUT2D eigenvalue weighted by atomic mass is 10.2. The van der Waals surface area contributed by atoms with E-state index in [1.54, 1.807) is 36.4 Å². The third-order valence-electron chi connectivity index (χ3n) is 3.16. The first-order valence-electron chi connectivity index (χ1n) is 7.39. The molecule has 0 aromatic heterocycles. The van der Waals surface area contributed by atoms with E-state index in [1.165, 1.54) is 25.3 Å². The van der Waals surface area contributed by atoms with Gasteiger partial charge in [-0.3, -0.25) is 0 Å². The van der Waals surface area contributed by atoms with Crippen molar-refractivity contribution in [1.29, 1.82) is 5.26 Å². The number of ether oxygens (including phenoxy) is 3. The first-order chi connectivity index (χ1) is 12.1. The number of carbonyl (C=O) groups is 1. The van der Waals surface area contributed by atoms with Crippen LogP contribution in [0.5, 0.6) is 11.5 Å². The molecule has 2 aromatic rings. The SMILES string of the molecule is COc1cc(/C=C/C(=O)OCc2cccc(F)c2)ccc1OCC#N. The quantitative estimate of drug-likeness (QED) is 0.569. The number of nitriles is 1. The van der Waals surface area contributed by atoms with E-state index in [2.05, 4.69) is 0 Å². The number of rotatable bonds is 7. The van der Waals surface area contributed by atoms with Gasteiger partial charge in [-0.1, -0.05) is 18.2 Å². The largest absolute Gasteiger partial charge is 0.493 e. The molecule has 0 saturated carbocycles. The zero-order valence-corrected chi connectivity index (χ0v) is 13.6. The predicted octanol–water partition coefficient (Wildman–Crippen LogP) is 3.49. The van der Waals surface area contributed by atoms with Crippen molar-refractivity contribution in [2.75, 3.05) is 13.7 Å². The third-order valence-corrected chi connectivity index (χ3v) is 3.16. The predicted molar refractivity (Wildman–Crippen MR) is 89.3 cm³/mol. The molecule has 5 nitrogen and oxygen atoms in total. The molecule has 0 bridgehead atoms. The monoisotopic (exact) mass is 341 g/mol. The maximum Gasteiger partial charge on any atom is 0.331 e. The highest BCUT2D eigenvalue weighted by molar-refractivity contribution is 5.87. The number of hydrogen-bond acceptors (Lipinski definition) is 5. The Balaban J connectivity index is 1.96. The number of esters is 1. The third kappa shape index (κ3) is 5.66. The maximum atomic E-state index is 13.0. The van der Waals surface area contributed by atoms with Crippen LogP contribution in [0.3, 0.4) is 0 Å². The van der Waals surface area contributed by atoms with Gasteiger partial charge in [0.25, 0.3) is 0 Å². The van der Waals surface area contributed by atoms with Crippen LogP contribution in [0.4, 0.5) is 4.39 Å². The molecule has 6 heteroatoms. The molecule has 0 amide bonds. The van der Waals surface area contributed by atoms with Crippen molar-refractivity contribution in [3.05, 3.63) is 65.5 Å². The van der Waals surface area contributed by atoms with Crippen LogP contribution in [0.2, 0.25) is 0 Å². The van der Waals surface area contributed by atoms with Crippen molar-refractivity contribution in [1.82, 2.24) is 0 Å². The highest BCUT2D eigenvalue weighted by Gasteiger charge is 2.05. The second-order valence-corrected chi connectivity index (χ2v) is 4.93. The van der Waals surface area contributed by atoms with Gasteiger partial charge in [0.2, 0.25) is 0 Å². The molecule has 0 radical (unpaired) electrons. The Morgan fingerprint density at radius 2 is 2.08 bits per heavy atom. The van der Waals surface area contributed by atoms with Crippen molar-refractivity contribution in [3.8, 4) is 17.6 Å². The van der Waals surface area contributed by atoms with Crippen molar-refractivity contribution in [3.63, 3.8) is 0 Å². The van der Waals surface area contributed by atoms with Gasteiger partial charge in [-0.05, 0) is 41.5 Å². The van der Waals surface area contributed by atoms with Gasteiger partial charge in [-0.15, -0.1) is 0 Å². The second-order valence-electron chi connectivity index (χ2n) is 4.93. The van der Waals surface area contributed by atoms with Crippen LogP contribution in [0, 0.1) is 17.1 Å². The summed E-state index contributed by atoms with van der Waals surface area (Å²) in [4.78, 5) is 11.7. The van der Waals surface area contributed by atoms with E-state index in [1.807, 2.05) is 6.07 Å². The molecular weight excluding hydrogens is 325 g/mol. The first kappa shape index (κ1) is 18.0. The van der Waals surface area contributed by atoms with Gasteiger partial charge in [0.05, 0.1) is 7.11 Å². The van der Waals surface area contributed by atoms with E-state index >= 15 is 0 Å². The number of benzene rings is 2. The van der Waals surface area contributed by atoms with Crippen LogP contribution < -0.4 is 9.47 Å². The number of halogens is 1. The fraction of sp³-hybridized carbons (Fsp3) is 0.158. The van der Waals surface area contributed by atoms with Crippen LogP contribution in [0.15, 0.2) is 48.5 Å². The molecule has 0 aliphatic carbocycles. The van der Waals surface area contributed by atoms with Gasteiger partial charge in [-0.25, -0.2) is 9.18 Å². The van der Waals surface area contributed by atoms with Gasteiger partial charge in [0, 0.05) is 6.08 Å². The van der Waals surface area contributed by atoms with Crippen molar-refractivity contribution >= 4 is 12.0 Å². The average Bonchev–Trinajstić information content (AvgIpc) is 2.63. The normalized spacial score (nSPS) is 10.3. The van der Waals surface area contributed by atoms with Gasteiger partial charge in [0.15, 0.2) is 18.1 Å². The van der Waals surface area contributed by atoms with E-state index in [-0.39, 0.29) is 19.0 Å². The Morgan fingerprint density at radius 1 is 1.24 bits per heavy atom. The second kappa shape index (κ2) is 9.08. The lowest BCUT2D eigenvalue weighted by Gasteiger charge is -2.08. The minimum Gasteiger partial charge on any atom is -0.493 e. The van der Waals surface area contributed by atoms with E-state index in [9.17, 15) is 9.18 Å². The van der Waals surface area contributed by atoms with Crippen molar-refractivity contribution in [2.24, 2.45) is 0 Å². The highest BCUT2D eigenvalue weighted by Crippen LogP contribution is 2.28. The van der Waals surface area contributed by atoms with E-state index in [0.717, 1.165) is 0 Å². The van der Waals surface area contributed by atoms with Gasteiger partial charge < -0.3 is 14.2 Å². The Hall–Kier alpha value is -3.33. The summed E-state index contributed by atoms with van der Waals surface area (Å²) in [7, 11) is 1.48. The Kier molecular flexibility index (Phi) is 6.55. The molecule has 0 aliphatic rings. The number of carbonyl (C=O) groups excluding carboxylic acids is 1. The fourth-order valence-corrected chi connectivity index (χ4v) is 2.01. The number of nitrogens with zero attached hydrogens (tertiary/aromatic N) is 1. The summed E-state index contributed by atoms with van der Waals surface area (Å²) in [6.07, 6.45) is 2.83. The molecular formula is C19H16FNO4. The molecule has 128 valence electrons. The van der Waals surface area contributed by atoms with Crippen LogP contribution in [0.25, 0.3) is 6.08 Å². The zero-order chi connectivity index (χ0) is 18.1. The average molecular weight is 341 g/mol. The Bertz CT molecular complexity index is 811. The molecule has 0 unspecified atom stereocenters. The van der Waals surface area contributed by atoms with Gasteiger partial charge in [-0.2, -0.15) is 5.26 Å². The van der Waals surface area contributed by atoms with Crippen LogP contribution in [-0.2, 0) is 16.1 Å². The summed E-state index contributed by atoms with van der Waals surface area (Å²) in [5, 5.41) is 8.54. The molecule has 0 fully saturated rings. The molecule has 25 heavy (non-hydrogen) atoms. The minimum absolute atomic E-state index is 0.00874. The number of methoxy groups -OCH3 is 1. The van der Waals surface area contributed by atoms with E-state index in [4.69, 9.17) is 19.5 Å². The summed E-state index contributed by atoms with van der Waals surface area (Å²) in [6.45, 7) is -0.0941. The number of hydrogen-bond donors (Lipinski definition) is 0. The smallest absolute Gasteiger partial charge is 0.331 e. The minimum atomic E-state index is -0.548. The van der Waals surface area contributed by atoms with Gasteiger partial charge in [0.1, 0.15) is 18.5 Å². The molecule has 2 rings (SSSR count). The molecule has 2 aromatic carbocycles. The topological polar surface area (TPSA) is 68.6 Å². The zero-order valence-electron chi connectivity index (χ0n) is 13.6. The maximum absolute atomic E-state index is 13.0. The standard InChI is InChI=1S/C19H16FNO4/c1-23-18-12-14(5-7-17(18)24-10-9-21)6-8-19(22)25-13-15-3-2-4-16(20)11-15/h2-8,11-12H,10,13H2,1H3/b8-6+. The van der Waals surface area contributed by atoms with Crippen LogP contribution >= 0.6 is 0 Å². The highest BCUT2D eigenvalue weighted by atomic mass is 19.1. The van der Waals surface area contributed by atoms with Crippen LogP contribution in [-0.4, -0.2) is 19.7 Å². The van der Waals surface area contributed by atoms with Gasteiger partial charge >= 0.3 is 5.97 Å². The van der Waals surface area contributed by atoms with E-state index in [0.29, 0.717) is 22.6 Å². The molecule has 0 aliphatic heterocycles. The Labute approximate surface area is 144 Å². The molecule has 0 spiro atoms. The summed E-state index contributed by atoms with van der Waals surface area (Å²) < 4.78 is 28.5. The fourth-order valence-electron chi connectivity index (χ4n) is 2.01. The first-order valence-corrected chi connectivity index (χ1v) is 7.39. The molecule has 0 saturated heterocycles. The van der Waals surface area contributed by atoms with Crippen molar-refractivity contribution < 1.29 is 23.4 Å². The molecule has 0 N–H and O–H groups in total. The van der Waals surface area contributed by atoms with Crippen molar-refractivity contribution in [2.45, 2.75) is 6.61 Å².